The number of anilines is 1. The third-order valence-corrected chi connectivity index (χ3v) is 6.49. The van der Waals surface area contributed by atoms with Gasteiger partial charge in [-0.15, -0.1) is 0 Å². The number of nitrogens with two attached hydrogens (primary N) is 1. The summed E-state index contributed by atoms with van der Waals surface area (Å²) < 4.78 is 41.4. The lowest BCUT2D eigenvalue weighted by Crippen LogP contribution is -2.09. The van der Waals surface area contributed by atoms with Crippen molar-refractivity contribution in [3.8, 4) is 12.1 Å². The van der Waals surface area contributed by atoms with Crippen molar-refractivity contribution in [1.82, 2.24) is 14.5 Å². The molecule has 2 aromatic carbocycles. The van der Waals surface area contributed by atoms with Crippen LogP contribution in [-0.2, 0) is 16.4 Å². The van der Waals surface area contributed by atoms with Crippen LogP contribution in [0.4, 0.5) is 10.2 Å². The van der Waals surface area contributed by atoms with Gasteiger partial charge in [0.25, 0.3) is 0 Å². The maximum Gasteiger partial charge on any atom is 0.212 e. The Labute approximate surface area is 176 Å². The van der Waals surface area contributed by atoms with E-state index < -0.39 is 15.7 Å². The lowest BCUT2D eigenvalue weighted by Gasteiger charge is -2.08. The Morgan fingerprint density at radius 2 is 1.58 bits per heavy atom. The van der Waals surface area contributed by atoms with Crippen LogP contribution in [0.5, 0.6) is 0 Å². The molecule has 0 aliphatic carbocycles. The molecule has 2 aromatic heterocycles. The van der Waals surface area contributed by atoms with Gasteiger partial charge in [0, 0.05) is 0 Å². The Morgan fingerprint density at radius 3 is 2.19 bits per heavy atom. The van der Waals surface area contributed by atoms with Gasteiger partial charge in [-0.05, 0) is 29.8 Å². The summed E-state index contributed by atoms with van der Waals surface area (Å²) in [4.78, 5) is 7.96. The molecule has 10 heteroatoms. The molecule has 0 aliphatic heterocycles. The van der Waals surface area contributed by atoms with Crippen molar-refractivity contribution in [2.24, 2.45) is 0 Å². The Kier molecular flexibility index (Phi) is 4.85. The highest BCUT2D eigenvalue weighted by molar-refractivity contribution is 7.92. The number of aromatic nitrogens is 3. The van der Waals surface area contributed by atoms with Crippen LogP contribution in [0.15, 0.2) is 64.4 Å². The summed E-state index contributed by atoms with van der Waals surface area (Å²) in [6, 6.07) is 16.8. The van der Waals surface area contributed by atoms with Gasteiger partial charge in [-0.1, -0.05) is 30.3 Å². The van der Waals surface area contributed by atoms with Gasteiger partial charge in [-0.2, -0.15) is 10.5 Å². The van der Waals surface area contributed by atoms with Gasteiger partial charge >= 0.3 is 0 Å². The van der Waals surface area contributed by atoms with Crippen LogP contribution in [0.2, 0.25) is 0 Å². The molecule has 0 radical (unpaired) electrons. The van der Waals surface area contributed by atoms with E-state index in [2.05, 4.69) is 9.97 Å². The highest BCUT2D eigenvalue weighted by Crippen LogP contribution is 2.35. The zero-order valence-electron chi connectivity index (χ0n) is 15.8. The van der Waals surface area contributed by atoms with E-state index in [-0.39, 0.29) is 44.7 Å². The molecule has 0 atom stereocenters. The SMILES string of the molecule is N#Cc1nc2c(S(=O)(=O)c3ccccc3)c(N)n(Cc3ccc(F)cc3)c2nc1C#N. The fraction of sp³-hybridized carbons (Fsp3) is 0.0476. The minimum Gasteiger partial charge on any atom is -0.384 e. The average molecular weight is 432 g/mol. The summed E-state index contributed by atoms with van der Waals surface area (Å²) >= 11 is 0. The normalized spacial score (nSPS) is 11.2. The largest absolute Gasteiger partial charge is 0.384 e. The summed E-state index contributed by atoms with van der Waals surface area (Å²) in [6.45, 7) is 0.0539. The standard InChI is InChI=1S/C21H13FN6O2S/c22-14-8-6-13(7-9-14)12-28-20(25)19(31(29,30)15-4-2-1-3-5-15)18-21(28)27-17(11-24)16(10-23)26-18/h1-9H,12,25H2. The van der Waals surface area contributed by atoms with Crippen LogP contribution >= 0.6 is 0 Å². The number of nitriles is 2. The molecule has 8 nitrogen and oxygen atoms in total. The van der Waals surface area contributed by atoms with Gasteiger partial charge in [0.15, 0.2) is 17.0 Å². The van der Waals surface area contributed by atoms with Crippen molar-refractivity contribution in [2.45, 2.75) is 16.3 Å². The van der Waals surface area contributed by atoms with Crippen molar-refractivity contribution in [1.29, 1.82) is 10.5 Å². The molecule has 4 rings (SSSR count). The van der Waals surface area contributed by atoms with Crippen molar-refractivity contribution in [3.63, 3.8) is 0 Å². The van der Waals surface area contributed by atoms with Crippen molar-refractivity contribution < 1.29 is 12.8 Å². The van der Waals surface area contributed by atoms with E-state index in [0.29, 0.717) is 5.56 Å². The molecule has 152 valence electrons. The fourth-order valence-corrected chi connectivity index (χ4v) is 4.72. The first-order chi connectivity index (χ1) is 14.9. The molecule has 0 aliphatic rings. The lowest BCUT2D eigenvalue weighted by molar-refractivity contribution is 0.597. The predicted octanol–water partition coefficient (Wildman–Crippen LogP) is 2.78. The maximum atomic E-state index is 13.4. The zero-order valence-corrected chi connectivity index (χ0v) is 16.6. The number of nitrogen functional groups attached to an aromatic ring is 1. The molecular weight excluding hydrogens is 419 g/mol. The molecule has 2 N–H and O–H groups in total. The van der Waals surface area contributed by atoms with E-state index >= 15 is 0 Å². The predicted molar refractivity (Wildman–Crippen MR) is 109 cm³/mol. The Morgan fingerprint density at radius 1 is 0.968 bits per heavy atom. The number of rotatable bonds is 4. The highest BCUT2D eigenvalue weighted by Gasteiger charge is 2.30. The summed E-state index contributed by atoms with van der Waals surface area (Å²) in [6.07, 6.45) is 0. The van der Waals surface area contributed by atoms with Crippen LogP contribution in [0.1, 0.15) is 17.0 Å². The molecule has 0 saturated carbocycles. The number of nitrogens with zero attached hydrogens (tertiary/aromatic N) is 5. The first-order valence-electron chi connectivity index (χ1n) is 8.91. The molecule has 31 heavy (non-hydrogen) atoms. The van der Waals surface area contributed by atoms with Crippen LogP contribution in [0, 0.1) is 28.5 Å². The first-order valence-corrected chi connectivity index (χ1v) is 10.4. The van der Waals surface area contributed by atoms with E-state index in [4.69, 9.17) is 5.73 Å². The second kappa shape index (κ2) is 7.52. The number of benzene rings is 2. The summed E-state index contributed by atoms with van der Waals surface area (Å²) in [5.74, 6) is -0.575. The monoisotopic (exact) mass is 432 g/mol. The minimum atomic E-state index is -4.12. The van der Waals surface area contributed by atoms with Crippen molar-refractivity contribution >= 4 is 26.8 Å². The molecule has 0 bridgehead atoms. The molecule has 0 amide bonds. The van der Waals surface area contributed by atoms with Crippen molar-refractivity contribution in [2.75, 3.05) is 5.73 Å². The second-order valence-electron chi connectivity index (χ2n) is 6.56. The quantitative estimate of drug-likeness (QED) is 0.523. The van der Waals surface area contributed by atoms with Crippen molar-refractivity contribution in [3.05, 3.63) is 77.4 Å². The minimum absolute atomic E-state index is 0.00722. The molecule has 0 spiro atoms. The second-order valence-corrected chi connectivity index (χ2v) is 8.45. The zero-order chi connectivity index (χ0) is 22.2. The Balaban J connectivity index is 2.04. The van der Waals surface area contributed by atoms with Gasteiger partial charge in [0.05, 0.1) is 11.4 Å². The van der Waals surface area contributed by atoms with Crippen LogP contribution in [0.3, 0.4) is 0 Å². The lowest BCUT2D eigenvalue weighted by atomic mass is 10.2. The summed E-state index contributed by atoms with van der Waals surface area (Å²) in [7, 11) is -4.12. The molecular formula is C21H13FN6O2S. The average Bonchev–Trinajstić information content (AvgIpc) is 3.05. The smallest absolute Gasteiger partial charge is 0.212 e. The van der Waals surface area contributed by atoms with Crippen LogP contribution in [0.25, 0.3) is 11.2 Å². The molecule has 0 unspecified atom stereocenters. The highest BCUT2D eigenvalue weighted by atomic mass is 32.2. The number of sulfone groups is 1. The van der Waals surface area contributed by atoms with Gasteiger partial charge < -0.3 is 10.3 Å². The molecule has 0 saturated heterocycles. The topological polar surface area (TPSA) is 138 Å². The van der Waals surface area contributed by atoms with Crippen LogP contribution in [-0.4, -0.2) is 23.0 Å². The number of hydrogen-bond acceptors (Lipinski definition) is 7. The van der Waals surface area contributed by atoms with Gasteiger partial charge in [0.1, 0.15) is 34.2 Å². The number of hydrogen-bond donors (Lipinski definition) is 1. The van der Waals surface area contributed by atoms with Gasteiger partial charge in [0.2, 0.25) is 9.84 Å². The summed E-state index contributed by atoms with van der Waals surface area (Å²) in [5, 5.41) is 18.7. The molecule has 0 fully saturated rings. The first kappa shape index (κ1) is 20.0. The fourth-order valence-electron chi connectivity index (χ4n) is 3.20. The van der Waals surface area contributed by atoms with Gasteiger partial charge in [-0.3, -0.25) is 0 Å². The number of fused-ring (bicyclic) bond motifs is 1. The Bertz CT molecular complexity index is 1500. The van der Waals surface area contributed by atoms with Crippen LogP contribution < -0.4 is 5.73 Å². The molecule has 2 heterocycles. The molecule has 4 aromatic rings. The van der Waals surface area contributed by atoms with E-state index in [0.717, 1.165) is 0 Å². The Hall–Kier alpha value is -4.28. The maximum absolute atomic E-state index is 13.4. The summed E-state index contributed by atoms with van der Waals surface area (Å²) in [5.41, 5.74) is 6.25. The third kappa shape index (κ3) is 3.35. The van der Waals surface area contributed by atoms with E-state index in [1.54, 1.807) is 30.3 Å². The number of halogens is 1. The van der Waals surface area contributed by atoms with E-state index in [1.165, 1.54) is 41.0 Å². The third-order valence-electron chi connectivity index (χ3n) is 4.66. The van der Waals surface area contributed by atoms with E-state index in [1.807, 2.05) is 0 Å². The van der Waals surface area contributed by atoms with E-state index in [9.17, 15) is 23.3 Å². The van der Waals surface area contributed by atoms with Gasteiger partial charge in [-0.25, -0.2) is 22.8 Å².